The molecule has 0 bridgehead atoms. The number of nitrogens with zero attached hydrogens (tertiary/aromatic N) is 1. The summed E-state index contributed by atoms with van der Waals surface area (Å²) >= 11 is 0. The van der Waals surface area contributed by atoms with Crippen molar-refractivity contribution in [3.8, 4) is 5.75 Å². The molecule has 2 heterocycles. The smallest absolute Gasteiger partial charge is 0.336 e. The van der Waals surface area contributed by atoms with Gasteiger partial charge in [0, 0.05) is 42.6 Å². The molecule has 2 aliphatic heterocycles. The zero-order valence-corrected chi connectivity index (χ0v) is 25.4. The predicted molar refractivity (Wildman–Crippen MR) is 164 cm³/mol. The van der Waals surface area contributed by atoms with E-state index >= 15 is 0 Å². The molecule has 0 saturated heterocycles. The van der Waals surface area contributed by atoms with Crippen LogP contribution in [-0.4, -0.2) is 63.8 Å². The molecule has 2 aromatic rings. The van der Waals surface area contributed by atoms with E-state index in [-0.39, 0.29) is 6.03 Å². The Labute approximate surface area is 252 Å². The van der Waals surface area contributed by atoms with Gasteiger partial charge in [-0.2, -0.15) is 0 Å². The second kappa shape index (κ2) is 14.4. The molecule has 2 aliphatic rings. The molecule has 1 unspecified atom stereocenters. The first-order chi connectivity index (χ1) is 20.7. The first-order valence-electron chi connectivity index (χ1n) is 14.3. The zero-order valence-electron chi connectivity index (χ0n) is 25.4. The molecule has 0 aliphatic carbocycles. The van der Waals surface area contributed by atoms with Crippen LogP contribution < -0.4 is 20.7 Å². The molecule has 10 heteroatoms. The van der Waals surface area contributed by atoms with Gasteiger partial charge in [-0.05, 0) is 68.3 Å². The van der Waals surface area contributed by atoms with Gasteiger partial charge in [-0.1, -0.05) is 30.3 Å². The first-order valence-corrected chi connectivity index (χ1v) is 14.3. The van der Waals surface area contributed by atoms with Crippen molar-refractivity contribution in [2.75, 3.05) is 46.3 Å². The Kier molecular flexibility index (Phi) is 10.5. The Morgan fingerprint density at radius 1 is 0.930 bits per heavy atom. The highest BCUT2D eigenvalue weighted by Gasteiger charge is 2.37. The standard InChI is InChI=1S/C33H40N4O6/c1-21-28(31(38)42-4)30(29(22(2)35-21)32(39)43-5)25-10-6-11-26(19-25)36-33(40)34-15-8-16-37-17-13-23(14-18-37)24-9-7-12-27(20-24)41-3/h6-7,9-13,17,19-20,23,30,35H,8,14-16,18H2,1-5H3,(H2,34,36,40). The van der Waals surface area contributed by atoms with E-state index in [1.807, 2.05) is 12.1 Å². The van der Waals surface area contributed by atoms with Gasteiger partial charge in [0.15, 0.2) is 0 Å². The lowest BCUT2D eigenvalue weighted by atomic mass is 9.80. The van der Waals surface area contributed by atoms with Crippen molar-refractivity contribution in [2.24, 2.45) is 0 Å². The number of methoxy groups -OCH3 is 3. The highest BCUT2D eigenvalue weighted by molar-refractivity contribution is 6.00. The summed E-state index contributed by atoms with van der Waals surface area (Å²) in [6, 6.07) is 14.9. The summed E-state index contributed by atoms with van der Waals surface area (Å²) in [7, 11) is 4.27. The molecule has 228 valence electrons. The van der Waals surface area contributed by atoms with E-state index in [0.29, 0.717) is 46.3 Å². The molecule has 0 aromatic heterocycles. The minimum Gasteiger partial charge on any atom is -0.497 e. The van der Waals surface area contributed by atoms with Crippen molar-refractivity contribution in [2.45, 2.75) is 38.5 Å². The van der Waals surface area contributed by atoms with Crippen LogP contribution in [0.25, 0.3) is 0 Å². The lowest BCUT2D eigenvalue weighted by Crippen LogP contribution is -2.33. The Morgan fingerprint density at radius 3 is 2.23 bits per heavy atom. The predicted octanol–water partition coefficient (Wildman–Crippen LogP) is 4.79. The number of dihydropyridines is 1. The Morgan fingerprint density at radius 2 is 1.60 bits per heavy atom. The number of carbonyl (C=O) groups is 3. The SMILES string of the molecule is COC(=O)C1=C(C)NC(C)=C(C(=O)OC)C1c1cccc(NC(=O)NCCCN2C=CC(c3cccc(OC)c3)CC2)c1. The third kappa shape index (κ3) is 7.57. The molecule has 1 atom stereocenters. The number of carbonyl (C=O) groups excluding carboxylic acids is 3. The van der Waals surface area contributed by atoms with Gasteiger partial charge in [-0.15, -0.1) is 0 Å². The summed E-state index contributed by atoms with van der Waals surface area (Å²) < 4.78 is 15.4. The quantitative estimate of drug-likeness (QED) is 0.268. The molecular formula is C33H40N4O6. The third-order valence-electron chi connectivity index (χ3n) is 7.73. The number of anilines is 1. The van der Waals surface area contributed by atoms with Crippen LogP contribution in [0.1, 0.15) is 49.7 Å². The number of nitrogens with one attached hydrogen (secondary N) is 3. The van der Waals surface area contributed by atoms with Crippen LogP contribution in [-0.2, 0) is 19.1 Å². The molecule has 2 amide bonds. The van der Waals surface area contributed by atoms with Gasteiger partial charge >= 0.3 is 18.0 Å². The molecule has 0 radical (unpaired) electrons. The van der Waals surface area contributed by atoms with Gasteiger partial charge in [-0.25, -0.2) is 14.4 Å². The number of allylic oxidation sites excluding steroid dienone is 3. The maximum Gasteiger partial charge on any atom is 0.336 e. The van der Waals surface area contributed by atoms with E-state index in [4.69, 9.17) is 14.2 Å². The van der Waals surface area contributed by atoms with Gasteiger partial charge in [-0.3, -0.25) is 0 Å². The van der Waals surface area contributed by atoms with Crippen molar-refractivity contribution in [3.63, 3.8) is 0 Å². The van der Waals surface area contributed by atoms with E-state index < -0.39 is 17.9 Å². The number of amides is 2. The van der Waals surface area contributed by atoms with Crippen molar-refractivity contribution in [1.82, 2.24) is 15.5 Å². The van der Waals surface area contributed by atoms with Crippen LogP contribution in [0.4, 0.5) is 10.5 Å². The summed E-state index contributed by atoms with van der Waals surface area (Å²) in [5.74, 6) is -0.612. The summed E-state index contributed by atoms with van der Waals surface area (Å²) in [4.78, 5) is 40.5. The van der Waals surface area contributed by atoms with E-state index in [1.54, 1.807) is 45.2 Å². The zero-order chi connectivity index (χ0) is 30.9. The molecule has 0 spiro atoms. The fourth-order valence-corrected chi connectivity index (χ4v) is 5.58. The maximum absolute atomic E-state index is 12.8. The lowest BCUT2D eigenvalue weighted by Gasteiger charge is -2.30. The molecule has 0 saturated carbocycles. The molecule has 4 rings (SSSR count). The second-order valence-electron chi connectivity index (χ2n) is 10.5. The minimum atomic E-state index is -0.730. The molecule has 43 heavy (non-hydrogen) atoms. The number of esters is 2. The van der Waals surface area contributed by atoms with Crippen LogP contribution in [0, 0.1) is 0 Å². The van der Waals surface area contributed by atoms with Crippen LogP contribution in [0.3, 0.4) is 0 Å². The Balaban J connectivity index is 1.34. The third-order valence-corrected chi connectivity index (χ3v) is 7.73. The summed E-state index contributed by atoms with van der Waals surface area (Å²) in [5, 5.41) is 8.86. The molecule has 10 nitrogen and oxygen atoms in total. The van der Waals surface area contributed by atoms with Crippen LogP contribution in [0.5, 0.6) is 5.75 Å². The van der Waals surface area contributed by atoms with Crippen molar-refractivity contribution in [3.05, 3.63) is 94.5 Å². The average molecular weight is 589 g/mol. The first kappa shape index (κ1) is 31.2. The van der Waals surface area contributed by atoms with Crippen molar-refractivity contribution in [1.29, 1.82) is 0 Å². The van der Waals surface area contributed by atoms with Gasteiger partial charge in [0.1, 0.15) is 5.75 Å². The van der Waals surface area contributed by atoms with Gasteiger partial charge in [0.2, 0.25) is 0 Å². The van der Waals surface area contributed by atoms with Crippen molar-refractivity contribution < 1.29 is 28.6 Å². The van der Waals surface area contributed by atoms with Gasteiger partial charge in [0.05, 0.1) is 38.4 Å². The average Bonchev–Trinajstić information content (AvgIpc) is 3.02. The van der Waals surface area contributed by atoms with E-state index in [1.165, 1.54) is 19.8 Å². The maximum atomic E-state index is 12.8. The fourth-order valence-electron chi connectivity index (χ4n) is 5.58. The van der Waals surface area contributed by atoms with Gasteiger partial charge < -0.3 is 35.1 Å². The summed E-state index contributed by atoms with van der Waals surface area (Å²) in [6.07, 6.45) is 6.16. The number of urea groups is 1. The summed E-state index contributed by atoms with van der Waals surface area (Å²) in [5.41, 5.74) is 4.18. The lowest BCUT2D eigenvalue weighted by molar-refractivity contribution is -0.137. The topological polar surface area (TPSA) is 118 Å². The highest BCUT2D eigenvalue weighted by atomic mass is 16.5. The molecule has 3 N–H and O–H groups in total. The van der Waals surface area contributed by atoms with Crippen LogP contribution >= 0.6 is 0 Å². The second-order valence-corrected chi connectivity index (χ2v) is 10.5. The van der Waals surface area contributed by atoms with Crippen LogP contribution in [0.2, 0.25) is 0 Å². The molecule has 0 fully saturated rings. The monoisotopic (exact) mass is 588 g/mol. The van der Waals surface area contributed by atoms with Crippen molar-refractivity contribution >= 4 is 23.7 Å². The fraction of sp³-hybridized carbons (Fsp3) is 0.364. The number of rotatable bonds is 10. The highest BCUT2D eigenvalue weighted by Crippen LogP contribution is 2.39. The Hall–Kier alpha value is -4.73. The molecular weight excluding hydrogens is 548 g/mol. The molecule has 2 aromatic carbocycles. The number of hydrogen-bond acceptors (Lipinski definition) is 8. The summed E-state index contributed by atoms with van der Waals surface area (Å²) in [6.45, 7) is 5.79. The van der Waals surface area contributed by atoms with Crippen LogP contribution in [0.15, 0.2) is 83.3 Å². The Bertz CT molecular complexity index is 1410. The van der Waals surface area contributed by atoms with Gasteiger partial charge in [0.25, 0.3) is 0 Å². The number of benzene rings is 2. The van der Waals surface area contributed by atoms with E-state index in [9.17, 15) is 14.4 Å². The minimum absolute atomic E-state index is 0.302. The number of hydrogen-bond donors (Lipinski definition) is 3. The number of ether oxygens (including phenoxy) is 3. The van der Waals surface area contributed by atoms with E-state index in [2.05, 4.69) is 45.3 Å². The van der Waals surface area contributed by atoms with E-state index in [0.717, 1.165) is 31.7 Å². The largest absolute Gasteiger partial charge is 0.497 e. The normalized spacial score (nSPS) is 16.9.